The molecule has 2 aromatic heterocycles. The summed E-state index contributed by atoms with van der Waals surface area (Å²) in [5, 5.41) is 4.19. The van der Waals surface area contributed by atoms with Crippen LogP contribution in [0.1, 0.15) is 56.3 Å². The Morgan fingerprint density at radius 1 is 1.20 bits per heavy atom. The van der Waals surface area contributed by atoms with E-state index in [9.17, 15) is 4.79 Å². The lowest BCUT2D eigenvalue weighted by molar-refractivity contribution is 0.0509. The number of thiophene rings is 1. The number of carbonyl (C=O) groups is 1. The van der Waals surface area contributed by atoms with Crippen molar-refractivity contribution in [2.24, 2.45) is 0 Å². The van der Waals surface area contributed by atoms with Crippen molar-refractivity contribution in [1.29, 1.82) is 0 Å². The van der Waals surface area contributed by atoms with E-state index in [-0.39, 0.29) is 12.1 Å². The normalized spacial score (nSPS) is 20.3. The summed E-state index contributed by atoms with van der Waals surface area (Å²) in [5.74, 6) is 1.92. The smallest absolute Gasteiger partial charge is 0.407 e. The van der Waals surface area contributed by atoms with Crippen molar-refractivity contribution in [2.75, 3.05) is 31.1 Å². The van der Waals surface area contributed by atoms with E-state index in [0.717, 1.165) is 55.6 Å². The van der Waals surface area contributed by atoms with E-state index in [4.69, 9.17) is 14.7 Å². The monoisotopic (exact) mass is 431 g/mol. The fourth-order valence-corrected chi connectivity index (χ4v) is 5.30. The third-order valence-electron chi connectivity index (χ3n) is 5.83. The molecule has 4 rings (SSSR count). The molecule has 0 spiro atoms. The van der Waals surface area contributed by atoms with Gasteiger partial charge < -0.3 is 15.0 Å². The van der Waals surface area contributed by atoms with Crippen LogP contribution in [0.25, 0.3) is 10.2 Å². The molecule has 2 fully saturated rings. The molecular weight excluding hydrogens is 398 g/mol. The number of carbonyl (C=O) groups excluding carboxylic acids is 1. The molecule has 164 valence electrons. The maximum absolute atomic E-state index is 12.2. The van der Waals surface area contributed by atoms with Gasteiger partial charge in [-0.1, -0.05) is 0 Å². The SMILES string of the molecule is Cc1sc2nc(CN3CCCC3)nc(N3CCC(NC(=O)OC(C)(C)C)C3)c2c1C. The van der Waals surface area contributed by atoms with Crippen molar-refractivity contribution in [2.45, 2.75) is 72.1 Å². The molecule has 8 heteroatoms. The summed E-state index contributed by atoms with van der Waals surface area (Å²) >= 11 is 1.76. The number of hydrogen-bond acceptors (Lipinski definition) is 7. The molecule has 0 aliphatic carbocycles. The van der Waals surface area contributed by atoms with E-state index in [1.165, 1.54) is 28.7 Å². The highest BCUT2D eigenvalue weighted by molar-refractivity contribution is 7.18. The Morgan fingerprint density at radius 3 is 2.63 bits per heavy atom. The standard InChI is InChI=1S/C22H33N5O2S/c1-14-15(2)30-20-18(14)19(24-17(25-20)13-26-9-6-7-10-26)27-11-8-16(12-27)23-21(28)29-22(3,4)5/h16H,6-13H2,1-5H3,(H,23,28). The topological polar surface area (TPSA) is 70.6 Å². The lowest BCUT2D eigenvalue weighted by Gasteiger charge is -2.23. The van der Waals surface area contributed by atoms with Crippen molar-refractivity contribution < 1.29 is 9.53 Å². The molecule has 0 bridgehead atoms. The summed E-state index contributed by atoms with van der Waals surface area (Å²) in [5.41, 5.74) is 0.776. The lowest BCUT2D eigenvalue weighted by Crippen LogP contribution is -2.40. The molecule has 0 radical (unpaired) electrons. The summed E-state index contributed by atoms with van der Waals surface area (Å²) in [4.78, 5) is 29.2. The molecule has 1 unspecified atom stereocenters. The number of aromatic nitrogens is 2. The predicted octanol–water partition coefficient (Wildman–Crippen LogP) is 4.01. The van der Waals surface area contributed by atoms with Crippen molar-refractivity contribution >= 4 is 33.5 Å². The molecule has 30 heavy (non-hydrogen) atoms. The maximum Gasteiger partial charge on any atom is 0.407 e. The third kappa shape index (κ3) is 4.70. The fraction of sp³-hybridized carbons (Fsp3) is 0.682. The Kier molecular flexibility index (Phi) is 5.90. The van der Waals surface area contributed by atoms with Gasteiger partial charge in [0.2, 0.25) is 0 Å². The molecule has 7 nitrogen and oxygen atoms in total. The minimum Gasteiger partial charge on any atom is -0.444 e. The van der Waals surface area contributed by atoms with Crippen LogP contribution in [-0.4, -0.2) is 58.8 Å². The second-order valence-electron chi connectivity index (χ2n) is 9.49. The van der Waals surface area contributed by atoms with Gasteiger partial charge in [-0.05, 0) is 72.5 Å². The van der Waals surface area contributed by atoms with Gasteiger partial charge in [0.1, 0.15) is 22.1 Å². The molecule has 1 atom stereocenters. The Morgan fingerprint density at radius 2 is 1.93 bits per heavy atom. The van der Waals surface area contributed by atoms with Crippen LogP contribution in [-0.2, 0) is 11.3 Å². The number of anilines is 1. The Bertz CT molecular complexity index is 930. The van der Waals surface area contributed by atoms with Crippen LogP contribution in [0, 0.1) is 13.8 Å². The summed E-state index contributed by atoms with van der Waals surface area (Å²) in [7, 11) is 0. The van der Waals surface area contributed by atoms with Gasteiger partial charge in [0.25, 0.3) is 0 Å². The predicted molar refractivity (Wildman–Crippen MR) is 121 cm³/mol. The van der Waals surface area contributed by atoms with E-state index >= 15 is 0 Å². The van der Waals surface area contributed by atoms with Crippen LogP contribution in [0.4, 0.5) is 10.6 Å². The summed E-state index contributed by atoms with van der Waals surface area (Å²) < 4.78 is 5.43. The molecule has 4 heterocycles. The third-order valence-corrected chi connectivity index (χ3v) is 6.93. The van der Waals surface area contributed by atoms with Crippen LogP contribution >= 0.6 is 11.3 Å². The highest BCUT2D eigenvalue weighted by atomic mass is 32.1. The van der Waals surface area contributed by atoms with Crippen molar-refractivity contribution in [3.8, 4) is 0 Å². The van der Waals surface area contributed by atoms with Gasteiger partial charge in [0.05, 0.1) is 18.0 Å². The molecule has 1 N–H and O–H groups in total. The first-order chi connectivity index (χ1) is 14.2. The van der Waals surface area contributed by atoms with E-state index in [0.29, 0.717) is 0 Å². The number of hydrogen-bond donors (Lipinski definition) is 1. The van der Waals surface area contributed by atoms with Gasteiger partial charge in [-0.2, -0.15) is 0 Å². The van der Waals surface area contributed by atoms with Crippen LogP contribution in [0.2, 0.25) is 0 Å². The number of amides is 1. The number of fused-ring (bicyclic) bond motifs is 1. The zero-order valence-corrected chi connectivity index (χ0v) is 19.6. The van der Waals surface area contributed by atoms with E-state index in [2.05, 4.69) is 29.0 Å². The molecule has 0 saturated carbocycles. The van der Waals surface area contributed by atoms with Crippen LogP contribution < -0.4 is 10.2 Å². The maximum atomic E-state index is 12.2. The second-order valence-corrected chi connectivity index (χ2v) is 10.7. The number of likely N-dealkylation sites (tertiary alicyclic amines) is 1. The van der Waals surface area contributed by atoms with Gasteiger partial charge >= 0.3 is 6.09 Å². The Hall–Kier alpha value is -1.93. The molecular formula is C22H33N5O2S. The summed E-state index contributed by atoms with van der Waals surface area (Å²) in [6, 6.07) is 0.0620. The summed E-state index contributed by atoms with van der Waals surface area (Å²) in [6.45, 7) is 14.6. The first-order valence-electron chi connectivity index (χ1n) is 10.9. The Labute approximate surface area is 182 Å². The van der Waals surface area contributed by atoms with E-state index < -0.39 is 5.60 Å². The molecule has 2 aromatic rings. The largest absolute Gasteiger partial charge is 0.444 e. The zero-order valence-electron chi connectivity index (χ0n) is 18.7. The van der Waals surface area contributed by atoms with E-state index in [1.807, 2.05) is 20.8 Å². The van der Waals surface area contributed by atoms with Crippen LogP contribution in [0.3, 0.4) is 0 Å². The van der Waals surface area contributed by atoms with E-state index in [1.54, 1.807) is 11.3 Å². The number of nitrogens with zero attached hydrogens (tertiary/aromatic N) is 4. The van der Waals surface area contributed by atoms with Crippen molar-refractivity contribution in [3.63, 3.8) is 0 Å². The van der Waals surface area contributed by atoms with Crippen molar-refractivity contribution in [3.05, 3.63) is 16.3 Å². The molecule has 2 aliphatic heterocycles. The minimum atomic E-state index is -0.489. The Balaban J connectivity index is 1.55. The first kappa shape index (κ1) is 21.3. The summed E-state index contributed by atoms with van der Waals surface area (Å²) in [6.07, 6.45) is 3.06. The van der Waals surface area contributed by atoms with Gasteiger partial charge in [0.15, 0.2) is 0 Å². The van der Waals surface area contributed by atoms with Gasteiger partial charge in [0, 0.05) is 18.0 Å². The second kappa shape index (κ2) is 8.30. The van der Waals surface area contributed by atoms with Crippen LogP contribution in [0.15, 0.2) is 0 Å². The van der Waals surface area contributed by atoms with Crippen LogP contribution in [0.5, 0.6) is 0 Å². The highest BCUT2D eigenvalue weighted by Crippen LogP contribution is 2.36. The number of ether oxygens (including phenoxy) is 1. The fourth-order valence-electron chi connectivity index (χ4n) is 4.26. The van der Waals surface area contributed by atoms with Crippen molar-refractivity contribution in [1.82, 2.24) is 20.2 Å². The molecule has 1 amide bonds. The number of rotatable bonds is 4. The number of nitrogens with one attached hydrogen (secondary N) is 1. The first-order valence-corrected chi connectivity index (χ1v) is 11.7. The number of alkyl carbamates (subject to hydrolysis) is 1. The lowest BCUT2D eigenvalue weighted by atomic mass is 10.2. The van der Waals surface area contributed by atoms with Gasteiger partial charge in [-0.15, -0.1) is 11.3 Å². The average Bonchev–Trinajstić information content (AvgIpc) is 3.36. The minimum absolute atomic E-state index is 0.0620. The molecule has 2 aliphatic rings. The molecule has 2 saturated heterocycles. The van der Waals surface area contributed by atoms with Gasteiger partial charge in [-0.25, -0.2) is 14.8 Å². The quantitative estimate of drug-likeness (QED) is 0.789. The zero-order chi connectivity index (χ0) is 21.5. The highest BCUT2D eigenvalue weighted by Gasteiger charge is 2.29. The van der Waals surface area contributed by atoms with Gasteiger partial charge in [-0.3, -0.25) is 4.90 Å². The molecule has 0 aromatic carbocycles. The average molecular weight is 432 g/mol. The number of aryl methyl sites for hydroxylation is 2.